The second-order valence-electron chi connectivity index (χ2n) is 11.5. The quantitative estimate of drug-likeness (QED) is 0.164. The molecule has 5 rings (SSSR count). The SMILES string of the molecule is COc1ccc(Cl)cc1N(CC(=O)N(Cc1ccc(Cl)cc1)[C@@H](Cc1ccccc1)C(=O)NC1CCCC1)S(=O)(=O)c1ccccc1. The summed E-state index contributed by atoms with van der Waals surface area (Å²) < 4.78 is 35.0. The molecule has 0 bridgehead atoms. The summed E-state index contributed by atoms with van der Waals surface area (Å²) in [5, 5.41) is 3.96. The number of carbonyl (C=O) groups is 2. The molecular weight excluding hydrogens is 657 g/mol. The minimum atomic E-state index is -4.30. The Hall–Kier alpha value is -4.05. The van der Waals surface area contributed by atoms with Crippen LogP contribution in [0.1, 0.15) is 36.8 Å². The molecule has 1 aliphatic rings. The number of rotatable bonds is 13. The van der Waals surface area contributed by atoms with E-state index >= 15 is 0 Å². The highest BCUT2D eigenvalue weighted by atomic mass is 35.5. The van der Waals surface area contributed by atoms with Crippen molar-refractivity contribution in [2.24, 2.45) is 0 Å². The summed E-state index contributed by atoms with van der Waals surface area (Å²) in [6.07, 6.45) is 4.01. The number of methoxy groups -OCH3 is 1. The van der Waals surface area contributed by atoms with E-state index in [0.717, 1.165) is 41.1 Å². The molecule has 11 heteroatoms. The molecule has 1 atom stereocenters. The zero-order valence-corrected chi connectivity index (χ0v) is 28.3. The molecule has 0 aromatic heterocycles. The van der Waals surface area contributed by atoms with Crippen LogP contribution in [0.5, 0.6) is 5.75 Å². The predicted molar refractivity (Wildman–Crippen MR) is 185 cm³/mol. The van der Waals surface area contributed by atoms with Crippen LogP contribution in [0.4, 0.5) is 5.69 Å². The lowest BCUT2D eigenvalue weighted by Gasteiger charge is -2.34. The van der Waals surface area contributed by atoms with Gasteiger partial charge in [-0.05, 0) is 66.4 Å². The molecule has 0 radical (unpaired) electrons. The minimum absolute atomic E-state index is 0.0129. The van der Waals surface area contributed by atoms with Gasteiger partial charge in [0, 0.05) is 29.1 Å². The molecule has 0 aliphatic heterocycles. The van der Waals surface area contributed by atoms with Crippen molar-refractivity contribution in [3.63, 3.8) is 0 Å². The highest BCUT2D eigenvalue weighted by Gasteiger charge is 2.36. The van der Waals surface area contributed by atoms with Crippen LogP contribution in [-0.2, 0) is 32.6 Å². The number of anilines is 1. The van der Waals surface area contributed by atoms with Crippen LogP contribution in [0.15, 0.2) is 108 Å². The molecule has 47 heavy (non-hydrogen) atoms. The Kier molecular flexibility index (Phi) is 11.4. The highest BCUT2D eigenvalue weighted by Crippen LogP contribution is 2.35. The monoisotopic (exact) mass is 693 g/mol. The Morgan fingerprint density at radius 2 is 1.47 bits per heavy atom. The molecule has 1 fully saturated rings. The average Bonchev–Trinajstić information content (AvgIpc) is 3.59. The van der Waals surface area contributed by atoms with Gasteiger partial charge in [-0.25, -0.2) is 8.42 Å². The summed E-state index contributed by atoms with van der Waals surface area (Å²) in [5.41, 5.74) is 1.68. The molecule has 0 unspecified atom stereocenters. The fourth-order valence-electron chi connectivity index (χ4n) is 5.80. The number of carbonyl (C=O) groups excluding carboxylic acids is 2. The van der Waals surface area contributed by atoms with Crippen LogP contribution < -0.4 is 14.4 Å². The second kappa shape index (κ2) is 15.7. The Bertz CT molecular complexity index is 1770. The second-order valence-corrected chi connectivity index (χ2v) is 14.2. The van der Waals surface area contributed by atoms with E-state index in [2.05, 4.69) is 5.32 Å². The fraction of sp³-hybridized carbons (Fsp3) is 0.278. The van der Waals surface area contributed by atoms with Crippen molar-refractivity contribution in [1.82, 2.24) is 10.2 Å². The van der Waals surface area contributed by atoms with Crippen LogP contribution in [0.25, 0.3) is 0 Å². The number of hydrogen-bond donors (Lipinski definition) is 1. The van der Waals surface area contributed by atoms with Crippen LogP contribution in [0.2, 0.25) is 10.0 Å². The van der Waals surface area contributed by atoms with Gasteiger partial charge in [-0.3, -0.25) is 13.9 Å². The van der Waals surface area contributed by atoms with E-state index in [4.69, 9.17) is 27.9 Å². The first kappa shape index (κ1) is 34.3. The number of halogens is 2. The largest absolute Gasteiger partial charge is 0.495 e. The summed E-state index contributed by atoms with van der Waals surface area (Å²) in [6.45, 7) is -0.582. The number of hydrogen-bond acceptors (Lipinski definition) is 5. The van der Waals surface area contributed by atoms with Crippen molar-refractivity contribution in [2.45, 2.75) is 55.6 Å². The molecule has 1 aliphatic carbocycles. The normalized spacial score (nSPS) is 13.9. The molecule has 2 amide bonds. The van der Waals surface area contributed by atoms with Gasteiger partial charge in [-0.15, -0.1) is 0 Å². The van der Waals surface area contributed by atoms with Crippen molar-refractivity contribution >= 4 is 50.7 Å². The van der Waals surface area contributed by atoms with E-state index in [1.807, 2.05) is 30.3 Å². The average molecular weight is 695 g/mol. The van der Waals surface area contributed by atoms with E-state index in [1.54, 1.807) is 54.6 Å². The predicted octanol–water partition coefficient (Wildman–Crippen LogP) is 6.90. The molecular formula is C36H37Cl2N3O5S. The Morgan fingerprint density at radius 3 is 2.11 bits per heavy atom. The number of amides is 2. The van der Waals surface area contributed by atoms with E-state index < -0.39 is 28.5 Å². The number of nitrogens with zero attached hydrogens (tertiary/aromatic N) is 2. The van der Waals surface area contributed by atoms with Crippen molar-refractivity contribution in [2.75, 3.05) is 18.0 Å². The van der Waals surface area contributed by atoms with Gasteiger partial charge in [0.2, 0.25) is 11.8 Å². The minimum Gasteiger partial charge on any atom is -0.495 e. The van der Waals surface area contributed by atoms with Gasteiger partial charge < -0.3 is 15.0 Å². The van der Waals surface area contributed by atoms with Crippen molar-refractivity contribution in [1.29, 1.82) is 0 Å². The molecule has 1 saturated carbocycles. The molecule has 0 heterocycles. The molecule has 1 N–H and O–H groups in total. The van der Waals surface area contributed by atoms with E-state index in [-0.39, 0.29) is 46.3 Å². The molecule has 4 aromatic carbocycles. The molecule has 0 saturated heterocycles. The van der Waals surface area contributed by atoms with Crippen molar-refractivity contribution in [3.05, 3.63) is 124 Å². The molecule has 246 valence electrons. The molecule has 0 spiro atoms. The van der Waals surface area contributed by atoms with Crippen molar-refractivity contribution in [3.8, 4) is 5.75 Å². The van der Waals surface area contributed by atoms with Gasteiger partial charge in [0.05, 0.1) is 17.7 Å². The maximum atomic E-state index is 14.7. The maximum Gasteiger partial charge on any atom is 0.264 e. The zero-order chi connectivity index (χ0) is 33.4. The van der Waals surface area contributed by atoms with Crippen molar-refractivity contribution < 1.29 is 22.7 Å². The van der Waals surface area contributed by atoms with Gasteiger partial charge >= 0.3 is 0 Å². The first-order valence-electron chi connectivity index (χ1n) is 15.5. The van der Waals surface area contributed by atoms with Gasteiger partial charge in [0.15, 0.2) is 0 Å². The van der Waals surface area contributed by atoms with E-state index in [9.17, 15) is 18.0 Å². The Labute approximate surface area is 286 Å². The lowest BCUT2D eigenvalue weighted by atomic mass is 10.0. The first-order valence-corrected chi connectivity index (χ1v) is 17.6. The standard InChI is InChI=1S/C36H37Cl2N3O5S/c1-46-34-21-20-29(38)23-32(34)41(47(44,45)31-14-6-3-7-15-31)25-35(42)40(24-27-16-18-28(37)19-17-27)33(22-26-10-4-2-5-11-26)36(43)39-30-12-8-9-13-30/h2-7,10-11,14-21,23,30,33H,8-9,12-13,22,24-25H2,1H3,(H,39,43)/t33-/m0/s1. The van der Waals surface area contributed by atoms with Gasteiger partial charge in [-0.2, -0.15) is 0 Å². The fourth-order valence-corrected chi connectivity index (χ4v) is 7.53. The highest BCUT2D eigenvalue weighted by molar-refractivity contribution is 7.92. The number of ether oxygens (including phenoxy) is 1. The molecule has 4 aromatic rings. The maximum absolute atomic E-state index is 14.7. The summed E-state index contributed by atoms with van der Waals surface area (Å²) >= 11 is 12.5. The van der Waals surface area contributed by atoms with E-state index in [1.165, 1.54) is 30.2 Å². The van der Waals surface area contributed by atoms with Crippen LogP contribution >= 0.6 is 23.2 Å². The Morgan fingerprint density at radius 1 is 0.851 bits per heavy atom. The van der Waals surface area contributed by atoms with Gasteiger partial charge in [0.1, 0.15) is 18.3 Å². The van der Waals surface area contributed by atoms with Crippen LogP contribution in [0, 0.1) is 0 Å². The number of nitrogens with one attached hydrogen (secondary N) is 1. The lowest BCUT2D eigenvalue weighted by Crippen LogP contribution is -2.54. The summed E-state index contributed by atoms with van der Waals surface area (Å²) in [6, 6.07) is 28.0. The van der Waals surface area contributed by atoms with Crippen LogP contribution in [-0.4, -0.2) is 50.9 Å². The van der Waals surface area contributed by atoms with Crippen LogP contribution in [0.3, 0.4) is 0 Å². The lowest BCUT2D eigenvalue weighted by molar-refractivity contribution is -0.140. The number of benzene rings is 4. The van der Waals surface area contributed by atoms with Gasteiger partial charge in [-0.1, -0.05) is 96.7 Å². The smallest absolute Gasteiger partial charge is 0.264 e. The topological polar surface area (TPSA) is 96.0 Å². The third kappa shape index (κ3) is 8.66. The summed E-state index contributed by atoms with van der Waals surface area (Å²) in [7, 11) is -2.89. The molecule has 8 nitrogen and oxygen atoms in total. The Balaban J connectivity index is 1.59. The first-order chi connectivity index (χ1) is 22.7. The number of sulfonamides is 1. The third-order valence-corrected chi connectivity index (χ3v) is 10.5. The van der Waals surface area contributed by atoms with Gasteiger partial charge in [0.25, 0.3) is 10.0 Å². The zero-order valence-electron chi connectivity index (χ0n) is 26.0. The van der Waals surface area contributed by atoms with E-state index in [0.29, 0.717) is 5.02 Å². The third-order valence-electron chi connectivity index (χ3n) is 8.26. The summed E-state index contributed by atoms with van der Waals surface area (Å²) in [4.78, 5) is 30.2. The summed E-state index contributed by atoms with van der Waals surface area (Å²) in [5.74, 6) is -0.657.